The van der Waals surface area contributed by atoms with E-state index in [1.165, 1.54) is 4.88 Å². The first-order valence-corrected chi connectivity index (χ1v) is 10.8. The van der Waals surface area contributed by atoms with Crippen LogP contribution in [0.15, 0.2) is 40.3 Å². The van der Waals surface area contributed by atoms with Crippen molar-refractivity contribution in [2.75, 3.05) is 39.4 Å². The molecule has 5 nitrogen and oxygen atoms in total. The van der Waals surface area contributed by atoms with E-state index in [1.807, 2.05) is 18.3 Å². The van der Waals surface area contributed by atoms with Crippen LogP contribution in [0.25, 0.3) is 0 Å². The van der Waals surface area contributed by atoms with Crippen molar-refractivity contribution < 1.29 is 4.74 Å². The van der Waals surface area contributed by atoms with Gasteiger partial charge in [-0.1, -0.05) is 6.07 Å². The lowest BCUT2D eigenvalue weighted by molar-refractivity contribution is 0.0351. The number of pyridine rings is 1. The molecule has 8 heteroatoms. The smallest absolute Gasteiger partial charge is 0.170 e. The molecule has 2 aliphatic heterocycles. The molecule has 2 atom stereocenters. The third kappa shape index (κ3) is 3.94. The lowest BCUT2D eigenvalue weighted by atomic mass is 10.0. The summed E-state index contributed by atoms with van der Waals surface area (Å²) in [5.41, 5.74) is 1.03. The van der Waals surface area contributed by atoms with Gasteiger partial charge >= 0.3 is 0 Å². The molecule has 0 saturated carbocycles. The Hall–Kier alpha value is -1.06. The Morgan fingerprint density at radius 3 is 2.77 bits per heavy atom. The first kappa shape index (κ1) is 18.3. The number of hydrogen-bond donors (Lipinski definition) is 1. The van der Waals surface area contributed by atoms with E-state index < -0.39 is 0 Å². The summed E-state index contributed by atoms with van der Waals surface area (Å²) in [7, 11) is 0. The van der Waals surface area contributed by atoms with E-state index in [4.69, 9.17) is 17.0 Å². The molecular weight excluding hydrogens is 432 g/mol. The van der Waals surface area contributed by atoms with E-state index in [-0.39, 0.29) is 12.1 Å². The van der Waals surface area contributed by atoms with Gasteiger partial charge in [0.25, 0.3) is 0 Å². The number of nitrogens with one attached hydrogen (secondary N) is 1. The largest absolute Gasteiger partial charge is 0.379 e. The molecule has 0 unspecified atom stereocenters. The Balaban J connectivity index is 1.57. The van der Waals surface area contributed by atoms with Crippen LogP contribution in [0.5, 0.6) is 0 Å². The van der Waals surface area contributed by atoms with Crippen molar-refractivity contribution in [1.82, 2.24) is 20.1 Å². The van der Waals surface area contributed by atoms with Gasteiger partial charge in [0.1, 0.15) is 0 Å². The van der Waals surface area contributed by atoms with Crippen LogP contribution in [-0.4, -0.2) is 59.3 Å². The van der Waals surface area contributed by atoms with Crippen LogP contribution < -0.4 is 5.32 Å². The maximum Gasteiger partial charge on any atom is 0.170 e. The molecule has 1 N–H and O–H groups in total. The van der Waals surface area contributed by atoms with Crippen LogP contribution >= 0.6 is 39.5 Å². The highest BCUT2D eigenvalue weighted by atomic mass is 79.9. The highest BCUT2D eigenvalue weighted by molar-refractivity contribution is 9.11. The number of aromatic nitrogens is 1. The fourth-order valence-electron chi connectivity index (χ4n) is 3.52. The quantitative estimate of drug-likeness (QED) is 0.702. The van der Waals surface area contributed by atoms with Crippen LogP contribution in [0.1, 0.15) is 22.7 Å². The molecule has 138 valence electrons. The topological polar surface area (TPSA) is 40.6 Å². The Morgan fingerprint density at radius 2 is 2.08 bits per heavy atom. The highest BCUT2D eigenvalue weighted by Crippen LogP contribution is 2.42. The van der Waals surface area contributed by atoms with Gasteiger partial charge < -0.3 is 15.0 Å². The number of ether oxygens (including phenoxy) is 1. The maximum absolute atomic E-state index is 5.70. The first-order valence-electron chi connectivity index (χ1n) is 8.76. The minimum Gasteiger partial charge on any atom is -0.379 e. The van der Waals surface area contributed by atoms with Gasteiger partial charge in [-0.25, -0.2) is 0 Å². The summed E-state index contributed by atoms with van der Waals surface area (Å²) in [5.74, 6) is 0. The van der Waals surface area contributed by atoms with Gasteiger partial charge in [0.15, 0.2) is 5.11 Å². The summed E-state index contributed by atoms with van der Waals surface area (Å²) in [4.78, 5) is 10.6. The summed E-state index contributed by atoms with van der Waals surface area (Å²) < 4.78 is 6.59. The van der Waals surface area contributed by atoms with Gasteiger partial charge in [-0.2, -0.15) is 0 Å². The van der Waals surface area contributed by atoms with E-state index >= 15 is 0 Å². The van der Waals surface area contributed by atoms with Crippen LogP contribution in [0.3, 0.4) is 0 Å². The number of thiocarbonyl (C=S) groups is 1. The number of rotatable bonds is 5. The molecular formula is C18H21BrN4OS2. The minimum absolute atomic E-state index is 0.0685. The lowest BCUT2D eigenvalue weighted by Crippen LogP contribution is -2.42. The first-order chi connectivity index (χ1) is 12.7. The molecule has 0 radical (unpaired) electrons. The van der Waals surface area contributed by atoms with Gasteiger partial charge in [0.2, 0.25) is 0 Å². The molecule has 0 amide bonds. The van der Waals surface area contributed by atoms with Crippen molar-refractivity contribution in [3.63, 3.8) is 0 Å². The molecule has 2 aromatic heterocycles. The minimum atomic E-state index is 0.0685. The molecule has 0 aromatic carbocycles. The Kier molecular flexibility index (Phi) is 5.85. The number of morpholine rings is 1. The van der Waals surface area contributed by atoms with Crippen LogP contribution in [0.4, 0.5) is 0 Å². The van der Waals surface area contributed by atoms with Gasteiger partial charge in [-0.15, -0.1) is 11.3 Å². The molecule has 2 saturated heterocycles. The average Bonchev–Trinajstić information content (AvgIpc) is 3.24. The van der Waals surface area contributed by atoms with Crippen LogP contribution in [-0.2, 0) is 4.74 Å². The van der Waals surface area contributed by atoms with E-state index in [9.17, 15) is 0 Å². The number of thiophene rings is 1. The normalized spacial score (nSPS) is 24.0. The summed E-state index contributed by atoms with van der Waals surface area (Å²) >= 11 is 11.1. The zero-order chi connectivity index (χ0) is 17.9. The molecule has 0 spiro atoms. The molecule has 4 rings (SSSR count). The van der Waals surface area contributed by atoms with Gasteiger partial charge in [-0.05, 0) is 52.4 Å². The van der Waals surface area contributed by atoms with E-state index in [0.29, 0.717) is 0 Å². The predicted molar refractivity (Wildman–Crippen MR) is 111 cm³/mol. The van der Waals surface area contributed by atoms with Crippen molar-refractivity contribution in [3.8, 4) is 0 Å². The van der Waals surface area contributed by atoms with Crippen LogP contribution in [0, 0.1) is 0 Å². The zero-order valence-electron chi connectivity index (χ0n) is 14.3. The Morgan fingerprint density at radius 1 is 1.23 bits per heavy atom. The molecule has 0 bridgehead atoms. The van der Waals surface area contributed by atoms with Gasteiger partial charge in [0, 0.05) is 37.3 Å². The molecule has 2 aliphatic rings. The molecule has 0 aliphatic carbocycles. The second-order valence-electron chi connectivity index (χ2n) is 6.42. The summed E-state index contributed by atoms with van der Waals surface area (Å²) in [5, 5.41) is 4.32. The SMILES string of the molecule is S=C1N[C@@H](c2ccccn2)[C@@H](c2ccc(Br)s2)N1CCN1CCOCC1. The van der Waals surface area contributed by atoms with E-state index in [0.717, 1.165) is 54.0 Å². The Labute approximate surface area is 171 Å². The van der Waals surface area contributed by atoms with Gasteiger partial charge in [-0.3, -0.25) is 9.88 Å². The highest BCUT2D eigenvalue weighted by Gasteiger charge is 2.40. The molecule has 4 heterocycles. The van der Waals surface area contributed by atoms with Crippen molar-refractivity contribution in [1.29, 1.82) is 0 Å². The summed E-state index contributed by atoms with van der Waals surface area (Å²) in [6, 6.07) is 10.6. The molecule has 26 heavy (non-hydrogen) atoms. The number of hydrogen-bond acceptors (Lipinski definition) is 5. The fraction of sp³-hybridized carbons (Fsp3) is 0.444. The van der Waals surface area contributed by atoms with Crippen LogP contribution in [0.2, 0.25) is 0 Å². The van der Waals surface area contributed by atoms with Gasteiger partial charge in [0.05, 0.1) is 34.8 Å². The third-order valence-corrected chi connectivity index (χ3v) is 6.89. The van der Waals surface area contributed by atoms with Crippen molar-refractivity contribution >= 4 is 44.6 Å². The van der Waals surface area contributed by atoms with Crippen molar-refractivity contribution in [2.45, 2.75) is 12.1 Å². The maximum atomic E-state index is 5.70. The predicted octanol–water partition coefficient (Wildman–Crippen LogP) is 3.21. The number of nitrogens with zero attached hydrogens (tertiary/aromatic N) is 3. The van der Waals surface area contributed by atoms with Crippen molar-refractivity contribution in [2.24, 2.45) is 0 Å². The second-order valence-corrected chi connectivity index (χ2v) is 9.30. The molecule has 2 aromatic rings. The summed E-state index contributed by atoms with van der Waals surface area (Å²) in [6.07, 6.45) is 1.85. The standard InChI is InChI=1S/C18H21BrN4OS2/c19-15-5-4-14(26-15)17-16(13-3-1-2-6-20-13)21-18(25)23(17)8-7-22-9-11-24-12-10-22/h1-6,16-17H,7-12H2,(H,21,25)/t16-,17+/m0/s1. The monoisotopic (exact) mass is 452 g/mol. The average molecular weight is 453 g/mol. The second kappa shape index (κ2) is 8.31. The fourth-order valence-corrected chi connectivity index (χ4v) is 5.42. The lowest BCUT2D eigenvalue weighted by Gasteiger charge is -2.31. The van der Waals surface area contributed by atoms with E-state index in [2.05, 4.69) is 54.2 Å². The third-order valence-electron chi connectivity index (χ3n) is 4.84. The number of halogens is 1. The summed E-state index contributed by atoms with van der Waals surface area (Å²) in [6.45, 7) is 5.51. The molecule has 2 fully saturated rings. The zero-order valence-corrected chi connectivity index (χ0v) is 17.5. The van der Waals surface area contributed by atoms with Crippen molar-refractivity contribution in [3.05, 3.63) is 50.9 Å². The van der Waals surface area contributed by atoms with E-state index in [1.54, 1.807) is 11.3 Å². The Bertz CT molecular complexity index is 751.